The molecule has 0 unspecified atom stereocenters. The van der Waals surface area contributed by atoms with Crippen molar-refractivity contribution < 1.29 is 14.3 Å². The lowest BCUT2D eigenvalue weighted by molar-refractivity contribution is -0.126. The van der Waals surface area contributed by atoms with Crippen molar-refractivity contribution in [3.63, 3.8) is 0 Å². The van der Waals surface area contributed by atoms with Gasteiger partial charge in [-0.05, 0) is 50.1 Å². The van der Waals surface area contributed by atoms with Crippen LogP contribution in [0.15, 0.2) is 42.5 Å². The fraction of sp³-hybridized carbons (Fsp3) is 0.263. The SMILES string of the molecule is C[C@H](OC(=O)c1cc(Cl)cc(Cl)c1)C(=O)N1c2ccccc2C[C@@H]1C. The van der Waals surface area contributed by atoms with E-state index in [9.17, 15) is 9.59 Å². The second-order valence-electron chi connectivity index (χ2n) is 6.10. The first-order valence-electron chi connectivity index (χ1n) is 7.95. The third kappa shape index (κ3) is 3.65. The highest BCUT2D eigenvalue weighted by Crippen LogP contribution is 2.32. The Kier molecular flexibility index (Phi) is 5.02. The lowest BCUT2D eigenvalue weighted by Crippen LogP contribution is -2.43. The fourth-order valence-corrected chi connectivity index (χ4v) is 3.57. The van der Waals surface area contributed by atoms with Crippen LogP contribution in [0.25, 0.3) is 0 Å². The van der Waals surface area contributed by atoms with E-state index in [1.54, 1.807) is 11.8 Å². The molecule has 0 fully saturated rings. The number of amides is 1. The number of para-hydroxylation sites is 1. The van der Waals surface area contributed by atoms with Crippen molar-refractivity contribution in [1.82, 2.24) is 0 Å². The van der Waals surface area contributed by atoms with E-state index in [0.29, 0.717) is 10.0 Å². The van der Waals surface area contributed by atoms with Crippen LogP contribution in [0.4, 0.5) is 5.69 Å². The molecule has 25 heavy (non-hydrogen) atoms. The van der Waals surface area contributed by atoms with Gasteiger partial charge in [-0.2, -0.15) is 0 Å². The summed E-state index contributed by atoms with van der Waals surface area (Å²) in [6.07, 6.45) is -0.134. The molecule has 0 spiro atoms. The van der Waals surface area contributed by atoms with E-state index in [2.05, 4.69) is 0 Å². The highest BCUT2D eigenvalue weighted by molar-refractivity contribution is 6.35. The minimum Gasteiger partial charge on any atom is -0.449 e. The second-order valence-corrected chi connectivity index (χ2v) is 6.97. The lowest BCUT2D eigenvalue weighted by Gasteiger charge is -2.26. The summed E-state index contributed by atoms with van der Waals surface area (Å²) in [6, 6.07) is 12.2. The Morgan fingerprint density at radius 2 is 1.80 bits per heavy atom. The molecule has 0 radical (unpaired) electrons. The Hall–Kier alpha value is -2.04. The topological polar surface area (TPSA) is 46.6 Å². The molecule has 0 bridgehead atoms. The number of halogens is 2. The molecular formula is C19H17Cl2NO3. The zero-order chi connectivity index (χ0) is 18.1. The number of esters is 1. The van der Waals surface area contributed by atoms with E-state index in [0.717, 1.165) is 17.7 Å². The number of hydrogen-bond acceptors (Lipinski definition) is 3. The molecule has 1 aliphatic heterocycles. The normalized spacial score (nSPS) is 17.1. The minimum absolute atomic E-state index is 0.0201. The van der Waals surface area contributed by atoms with E-state index in [1.165, 1.54) is 18.2 Å². The maximum atomic E-state index is 12.8. The number of carbonyl (C=O) groups is 2. The Morgan fingerprint density at radius 1 is 1.16 bits per heavy atom. The number of rotatable bonds is 3. The highest BCUT2D eigenvalue weighted by Gasteiger charge is 2.34. The van der Waals surface area contributed by atoms with E-state index in [1.807, 2.05) is 31.2 Å². The summed E-state index contributed by atoms with van der Waals surface area (Å²) >= 11 is 11.8. The van der Waals surface area contributed by atoms with Gasteiger partial charge in [0.15, 0.2) is 6.10 Å². The summed E-state index contributed by atoms with van der Waals surface area (Å²) in [5, 5.41) is 0.668. The number of hydrogen-bond donors (Lipinski definition) is 0. The average Bonchev–Trinajstić information content (AvgIpc) is 2.88. The number of benzene rings is 2. The van der Waals surface area contributed by atoms with Crippen LogP contribution in [-0.4, -0.2) is 24.0 Å². The average molecular weight is 378 g/mol. The van der Waals surface area contributed by atoms with E-state index in [4.69, 9.17) is 27.9 Å². The largest absolute Gasteiger partial charge is 0.449 e. The van der Waals surface area contributed by atoms with Gasteiger partial charge in [-0.15, -0.1) is 0 Å². The van der Waals surface area contributed by atoms with Gasteiger partial charge in [-0.25, -0.2) is 4.79 Å². The van der Waals surface area contributed by atoms with Gasteiger partial charge in [0.1, 0.15) is 0 Å². The molecule has 1 aliphatic rings. The second kappa shape index (κ2) is 7.06. The quantitative estimate of drug-likeness (QED) is 0.738. The van der Waals surface area contributed by atoms with Crippen molar-refractivity contribution in [1.29, 1.82) is 0 Å². The van der Waals surface area contributed by atoms with Gasteiger partial charge in [0.25, 0.3) is 5.91 Å². The molecular weight excluding hydrogens is 361 g/mol. The summed E-state index contributed by atoms with van der Waals surface area (Å²) in [7, 11) is 0. The summed E-state index contributed by atoms with van der Waals surface area (Å²) < 4.78 is 5.34. The van der Waals surface area contributed by atoms with Crippen molar-refractivity contribution in [2.75, 3.05) is 4.90 Å². The summed E-state index contributed by atoms with van der Waals surface area (Å²) in [5.74, 6) is -0.885. The van der Waals surface area contributed by atoms with Crippen molar-refractivity contribution in [3.05, 3.63) is 63.6 Å². The molecule has 3 rings (SSSR count). The maximum Gasteiger partial charge on any atom is 0.339 e. The summed E-state index contributed by atoms with van der Waals surface area (Å²) in [4.78, 5) is 26.8. The van der Waals surface area contributed by atoms with Crippen LogP contribution < -0.4 is 4.90 Å². The zero-order valence-electron chi connectivity index (χ0n) is 13.8. The molecule has 4 nitrogen and oxygen atoms in total. The van der Waals surface area contributed by atoms with Crippen molar-refractivity contribution in [2.24, 2.45) is 0 Å². The molecule has 0 saturated heterocycles. The van der Waals surface area contributed by atoms with Crippen LogP contribution in [0.1, 0.15) is 29.8 Å². The van der Waals surface area contributed by atoms with E-state index >= 15 is 0 Å². The third-order valence-electron chi connectivity index (χ3n) is 4.17. The molecule has 0 saturated carbocycles. The van der Waals surface area contributed by atoms with E-state index in [-0.39, 0.29) is 17.5 Å². The van der Waals surface area contributed by atoms with E-state index < -0.39 is 12.1 Å². The van der Waals surface area contributed by atoms with Crippen LogP contribution in [0.2, 0.25) is 10.0 Å². The molecule has 130 valence electrons. The van der Waals surface area contributed by atoms with Gasteiger partial charge >= 0.3 is 5.97 Å². The summed E-state index contributed by atoms with van der Waals surface area (Å²) in [6.45, 7) is 3.54. The van der Waals surface area contributed by atoms with Gasteiger partial charge in [0.2, 0.25) is 0 Å². The minimum atomic E-state index is -0.918. The van der Waals surface area contributed by atoms with Crippen LogP contribution in [0.5, 0.6) is 0 Å². The number of ether oxygens (including phenoxy) is 1. The Morgan fingerprint density at radius 3 is 2.48 bits per heavy atom. The molecule has 6 heteroatoms. The standard InChI is InChI=1S/C19H17Cl2NO3/c1-11-7-13-5-3-4-6-17(13)22(11)18(23)12(2)25-19(24)14-8-15(20)10-16(21)9-14/h3-6,8-12H,7H2,1-2H3/t11-,12-/m0/s1. The van der Waals surface area contributed by atoms with Gasteiger partial charge in [-0.3, -0.25) is 4.79 Å². The molecule has 2 aromatic rings. The molecule has 2 aromatic carbocycles. The molecule has 0 aromatic heterocycles. The van der Waals surface area contributed by atoms with Gasteiger partial charge in [0.05, 0.1) is 5.56 Å². The predicted octanol–water partition coefficient (Wildman–Crippen LogP) is 4.52. The zero-order valence-corrected chi connectivity index (χ0v) is 15.3. The maximum absolute atomic E-state index is 12.8. The highest BCUT2D eigenvalue weighted by atomic mass is 35.5. The van der Waals surface area contributed by atoms with Gasteiger partial charge in [0, 0.05) is 21.8 Å². The molecule has 0 aliphatic carbocycles. The molecule has 2 atom stereocenters. The number of nitrogens with zero attached hydrogens (tertiary/aromatic N) is 1. The molecule has 1 amide bonds. The summed E-state index contributed by atoms with van der Waals surface area (Å²) in [5.41, 5.74) is 2.20. The van der Waals surface area contributed by atoms with Crippen molar-refractivity contribution >= 4 is 40.8 Å². The Bertz CT molecular complexity index is 817. The molecule has 0 N–H and O–H groups in total. The lowest BCUT2D eigenvalue weighted by atomic mass is 10.1. The smallest absolute Gasteiger partial charge is 0.339 e. The Balaban J connectivity index is 1.76. The Labute approximate surface area is 156 Å². The van der Waals surface area contributed by atoms with Crippen LogP contribution in [-0.2, 0) is 16.0 Å². The van der Waals surface area contributed by atoms with Gasteiger partial charge in [-0.1, -0.05) is 41.4 Å². The van der Waals surface area contributed by atoms with Gasteiger partial charge < -0.3 is 9.64 Å². The predicted molar refractivity (Wildman–Crippen MR) is 98.4 cm³/mol. The van der Waals surface area contributed by atoms with Crippen LogP contribution >= 0.6 is 23.2 Å². The number of fused-ring (bicyclic) bond motifs is 1. The first-order chi connectivity index (χ1) is 11.9. The molecule has 1 heterocycles. The van der Waals surface area contributed by atoms with Crippen LogP contribution in [0, 0.1) is 0 Å². The number of carbonyl (C=O) groups excluding carboxylic acids is 2. The fourth-order valence-electron chi connectivity index (χ4n) is 3.05. The van der Waals surface area contributed by atoms with Crippen LogP contribution in [0.3, 0.4) is 0 Å². The monoisotopic (exact) mass is 377 g/mol. The van der Waals surface area contributed by atoms with Crippen molar-refractivity contribution in [2.45, 2.75) is 32.4 Å². The third-order valence-corrected chi connectivity index (χ3v) is 4.61. The first kappa shape index (κ1) is 17.8. The van der Waals surface area contributed by atoms with Crippen molar-refractivity contribution in [3.8, 4) is 0 Å². The first-order valence-corrected chi connectivity index (χ1v) is 8.70. The number of anilines is 1.